The van der Waals surface area contributed by atoms with E-state index in [1.165, 1.54) is 0 Å². The molecule has 0 spiro atoms. The summed E-state index contributed by atoms with van der Waals surface area (Å²) < 4.78 is 0. The third-order valence-electron chi connectivity index (χ3n) is 4.08. The minimum atomic E-state index is -0.285. The number of amides is 2. The molecule has 3 rings (SSSR count). The van der Waals surface area contributed by atoms with E-state index in [0.29, 0.717) is 18.8 Å². The van der Waals surface area contributed by atoms with E-state index in [0.717, 1.165) is 16.6 Å². The van der Waals surface area contributed by atoms with Gasteiger partial charge in [0.2, 0.25) is 11.8 Å². The highest BCUT2D eigenvalue weighted by atomic mass is 16.2. The summed E-state index contributed by atoms with van der Waals surface area (Å²) >= 11 is 0. The lowest BCUT2D eigenvalue weighted by Gasteiger charge is -2.14. The van der Waals surface area contributed by atoms with Gasteiger partial charge >= 0.3 is 0 Å². The Balaban J connectivity index is 1.83. The third kappa shape index (κ3) is 2.66. The largest absolute Gasteiger partial charge is 0.342 e. The van der Waals surface area contributed by atoms with Crippen molar-refractivity contribution < 1.29 is 9.59 Å². The van der Waals surface area contributed by atoms with E-state index in [9.17, 15) is 9.59 Å². The number of nitrogens with one attached hydrogen (secondary N) is 1. The molecule has 1 saturated heterocycles. The number of aromatic nitrogens is 1. The first-order chi connectivity index (χ1) is 10.6. The summed E-state index contributed by atoms with van der Waals surface area (Å²) in [6.45, 7) is 5.00. The van der Waals surface area contributed by atoms with Gasteiger partial charge in [-0.15, -0.1) is 0 Å². The molecule has 2 heterocycles. The molecular formula is C17H19N3O2. The standard InChI is InChI=1S/C17H19N3O2/c1-3-20-10-13(9-15(20)21)17(22)19-14-6-4-5-12-8-7-11(2)18-16(12)14/h4-8,13H,3,9-10H2,1-2H3,(H,19,22). The van der Waals surface area contributed by atoms with E-state index in [4.69, 9.17) is 0 Å². The smallest absolute Gasteiger partial charge is 0.229 e. The number of carbonyl (C=O) groups excluding carboxylic acids is 2. The minimum absolute atomic E-state index is 0.0505. The van der Waals surface area contributed by atoms with Crippen LogP contribution in [-0.4, -0.2) is 34.8 Å². The van der Waals surface area contributed by atoms with Crippen LogP contribution < -0.4 is 5.32 Å². The van der Waals surface area contributed by atoms with Crippen LogP contribution in [0.15, 0.2) is 30.3 Å². The Morgan fingerprint density at radius 3 is 2.91 bits per heavy atom. The van der Waals surface area contributed by atoms with Crippen molar-refractivity contribution in [1.29, 1.82) is 0 Å². The summed E-state index contributed by atoms with van der Waals surface area (Å²) in [5.41, 5.74) is 2.39. The molecule has 1 unspecified atom stereocenters. The number of pyridine rings is 1. The van der Waals surface area contributed by atoms with Gasteiger partial charge in [0.1, 0.15) is 0 Å². The molecule has 1 N–H and O–H groups in total. The summed E-state index contributed by atoms with van der Waals surface area (Å²) in [6.07, 6.45) is 0.289. The highest BCUT2D eigenvalue weighted by Gasteiger charge is 2.33. The zero-order valence-electron chi connectivity index (χ0n) is 12.8. The second kappa shape index (κ2) is 5.75. The molecule has 1 aliphatic heterocycles. The van der Waals surface area contributed by atoms with Gasteiger partial charge in [0.25, 0.3) is 0 Å². The Bertz CT molecular complexity index is 742. The van der Waals surface area contributed by atoms with E-state index in [1.807, 2.05) is 44.2 Å². The van der Waals surface area contributed by atoms with Gasteiger partial charge in [-0.2, -0.15) is 0 Å². The first kappa shape index (κ1) is 14.5. The predicted molar refractivity (Wildman–Crippen MR) is 85.5 cm³/mol. The Kier molecular flexibility index (Phi) is 3.79. The van der Waals surface area contributed by atoms with Crippen molar-refractivity contribution in [3.05, 3.63) is 36.0 Å². The molecule has 0 aliphatic carbocycles. The fourth-order valence-electron chi connectivity index (χ4n) is 2.83. The SMILES string of the molecule is CCN1CC(C(=O)Nc2cccc3ccc(C)nc23)CC1=O. The summed E-state index contributed by atoms with van der Waals surface area (Å²) in [5, 5.41) is 3.93. The maximum atomic E-state index is 12.4. The lowest BCUT2D eigenvalue weighted by atomic mass is 10.1. The molecule has 1 aliphatic rings. The highest BCUT2D eigenvalue weighted by molar-refractivity contribution is 6.03. The average molecular weight is 297 g/mol. The molecule has 5 nitrogen and oxygen atoms in total. The molecule has 1 fully saturated rings. The number of carbonyl (C=O) groups is 2. The average Bonchev–Trinajstić information content (AvgIpc) is 2.89. The van der Waals surface area contributed by atoms with E-state index >= 15 is 0 Å². The van der Waals surface area contributed by atoms with E-state index in [2.05, 4.69) is 10.3 Å². The summed E-state index contributed by atoms with van der Waals surface area (Å²) in [7, 11) is 0. The van der Waals surface area contributed by atoms with Gasteiger partial charge < -0.3 is 10.2 Å². The molecule has 5 heteroatoms. The fraction of sp³-hybridized carbons (Fsp3) is 0.353. The maximum Gasteiger partial charge on any atom is 0.229 e. The lowest BCUT2D eigenvalue weighted by molar-refractivity contribution is -0.128. The van der Waals surface area contributed by atoms with Gasteiger partial charge in [-0.3, -0.25) is 14.6 Å². The molecule has 22 heavy (non-hydrogen) atoms. The predicted octanol–water partition coefficient (Wildman–Crippen LogP) is 2.35. The molecular weight excluding hydrogens is 278 g/mol. The molecule has 1 aromatic heterocycles. The number of anilines is 1. The number of fused-ring (bicyclic) bond motifs is 1. The third-order valence-corrected chi connectivity index (χ3v) is 4.08. The number of rotatable bonds is 3. The molecule has 2 amide bonds. The van der Waals surface area contributed by atoms with E-state index < -0.39 is 0 Å². The number of hydrogen-bond donors (Lipinski definition) is 1. The second-order valence-corrected chi connectivity index (χ2v) is 5.65. The Morgan fingerprint density at radius 1 is 1.36 bits per heavy atom. The van der Waals surface area contributed by atoms with Crippen LogP contribution in [-0.2, 0) is 9.59 Å². The van der Waals surface area contributed by atoms with Crippen LogP contribution in [0.5, 0.6) is 0 Å². The zero-order valence-corrected chi connectivity index (χ0v) is 12.8. The van der Waals surface area contributed by atoms with Crippen molar-refractivity contribution in [2.75, 3.05) is 18.4 Å². The highest BCUT2D eigenvalue weighted by Crippen LogP contribution is 2.24. The summed E-state index contributed by atoms with van der Waals surface area (Å²) in [5.74, 6) is -0.345. The van der Waals surface area contributed by atoms with Crippen molar-refractivity contribution in [3.63, 3.8) is 0 Å². The van der Waals surface area contributed by atoms with Gasteiger partial charge in [0, 0.05) is 30.6 Å². The van der Waals surface area contributed by atoms with Crippen molar-refractivity contribution >= 4 is 28.4 Å². The molecule has 0 bridgehead atoms. The first-order valence-corrected chi connectivity index (χ1v) is 7.53. The Hall–Kier alpha value is -2.43. The molecule has 0 saturated carbocycles. The van der Waals surface area contributed by atoms with Gasteiger partial charge in [-0.1, -0.05) is 18.2 Å². The van der Waals surface area contributed by atoms with Crippen LogP contribution >= 0.6 is 0 Å². The van der Waals surface area contributed by atoms with Gasteiger partial charge in [-0.05, 0) is 26.0 Å². The lowest BCUT2D eigenvalue weighted by Crippen LogP contribution is -2.28. The van der Waals surface area contributed by atoms with Crippen LogP contribution in [0.4, 0.5) is 5.69 Å². The van der Waals surface area contributed by atoms with Crippen molar-refractivity contribution in [3.8, 4) is 0 Å². The first-order valence-electron chi connectivity index (χ1n) is 7.53. The van der Waals surface area contributed by atoms with E-state index in [1.54, 1.807) is 4.90 Å². The monoisotopic (exact) mass is 297 g/mol. The number of benzene rings is 1. The fourth-order valence-corrected chi connectivity index (χ4v) is 2.83. The van der Waals surface area contributed by atoms with Gasteiger partial charge in [-0.25, -0.2) is 0 Å². The molecule has 1 atom stereocenters. The van der Waals surface area contributed by atoms with Crippen LogP contribution in [0.3, 0.4) is 0 Å². The van der Waals surface area contributed by atoms with Crippen LogP contribution in [0, 0.1) is 12.8 Å². The molecule has 114 valence electrons. The normalized spacial score (nSPS) is 18.0. The minimum Gasteiger partial charge on any atom is -0.342 e. The second-order valence-electron chi connectivity index (χ2n) is 5.65. The maximum absolute atomic E-state index is 12.4. The van der Waals surface area contributed by atoms with Gasteiger partial charge in [0.15, 0.2) is 0 Å². The topological polar surface area (TPSA) is 62.3 Å². The number of aryl methyl sites for hydroxylation is 1. The van der Waals surface area contributed by atoms with Crippen molar-refractivity contribution in [1.82, 2.24) is 9.88 Å². The number of likely N-dealkylation sites (tertiary alicyclic amines) is 1. The van der Waals surface area contributed by atoms with Crippen molar-refractivity contribution in [2.24, 2.45) is 5.92 Å². The van der Waals surface area contributed by atoms with Crippen LogP contribution in [0.2, 0.25) is 0 Å². The van der Waals surface area contributed by atoms with Crippen molar-refractivity contribution in [2.45, 2.75) is 20.3 Å². The Morgan fingerprint density at radius 2 is 2.18 bits per heavy atom. The van der Waals surface area contributed by atoms with Gasteiger partial charge in [0.05, 0.1) is 17.1 Å². The van der Waals surface area contributed by atoms with Crippen LogP contribution in [0.25, 0.3) is 10.9 Å². The Labute approximate surface area is 129 Å². The summed E-state index contributed by atoms with van der Waals surface area (Å²) in [6, 6.07) is 9.65. The van der Waals surface area contributed by atoms with E-state index in [-0.39, 0.29) is 24.2 Å². The number of para-hydroxylation sites is 1. The number of nitrogens with zero attached hydrogens (tertiary/aromatic N) is 2. The van der Waals surface area contributed by atoms with Crippen LogP contribution in [0.1, 0.15) is 19.0 Å². The zero-order chi connectivity index (χ0) is 15.7. The summed E-state index contributed by atoms with van der Waals surface area (Å²) in [4.78, 5) is 30.4. The number of hydrogen-bond acceptors (Lipinski definition) is 3. The molecule has 1 aromatic carbocycles. The molecule has 2 aromatic rings. The molecule has 0 radical (unpaired) electrons. The quantitative estimate of drug-likeness (QED) is 0.946.